The first-order chi connectivity index (χ1) is 16.5. The molecule has 1 spiro atoms. The Kier molecular flexibility index (Phi) is 6.00. The van der Waals surface area contributed by atoms with Crippen molar-refractivity contribution in [3.05, 3.63) is 65.0 Å². The van der Waals surface area contributed by atoms with Gasteiger partial charge in [0, 0.05) is 16.4 Å². The molecule has 1 amide bonds. The second-order valence-electron chi connectivity index (χ2n) is 9.04. The molecular weight excluding hydrogens is 456 g/mol. The van der Waals surface area contributed by atoms with Crippen LogP contribution in [0.3, 0.4) is 0 Å². The molecular formula is C25H25ClN4O4. The van der Waals surface area contributed by atoms with E-state index < -0.39 is 5.91 Å². The van der Waals surface area contributed by atoms with E-state index in [0.29, 0.717) is 22.3 Å². The van der Waals surface area contributed by atoms with E-state index in [1.807, 2.05) is 24.3 Å². The molecule has 1 atom stereocenters. The van der Waals surface area contributed by atoms with E-state index in [1.54, 1.807) is 24.3 Å². The van der Waals surface area contributed by atoms with Crippen LogP contribution in [-0.4, -0.2) is 29.2 Å². The van der Waals surface area contributed by atoms with Crippen LogP contribution in [0.1, 0.15) is 54.3 Å². The number of aromatic nitrogens is 2. The van der Waals surface area contributed by atoms with Gasteiger partial charge in [-0.05, 0) is 79.3 Å². The fourth-order valence-corrected chi connectivity index (χ4v) is 5.17. The summed E-state index contributed by atoms with van der Waals surface area (Å²) in [6.45, 7) is 0. The SMILES string of the molecule is COC(=O)C1CC12CCC(c1ccc(NC(=O)c3nnc(Nc4cccc(Cl)c4)o3)cc1)CC2. The topological polar surface area (TPSA) is 106 Å². The van der Waals surface area contributed by atoms with E-state index >= 15 is 0 Å². The summed E-state index contributed by atoms with van der Waals surface area (Å²) in [5.41, 5.74) is 2.74. The van der Waals surface area contributed by atoms with Gasteiger partial charge >= 0.3 is 23.8 Å². The Morgan fingerprint density at radius 3 is 2.56 bits per heavy atom. The molecule has 2 aliphatic carbocycles. The molecule has 0 bridgehead atoms. The second-order valence-corrected chi connectivity index (χ2v) is 9.48. The van der Waals surface area contributed by atoms with Gasteiger partial charge in [-0.2, -0.15) is 0 Å². The summed E-state index contributed by atoms with van der Waals surface area (Å²) in [7, 11) is 1.47. The third-order valence-corrected chi connectivity index (χ3v) is 7.23. The van der Waals surface area contributed by atoms with Crippen LogP contribution in [0.15, 0.2) is 52.9 Å². The highest BCUT2D eigenvalue weighted by Gasteiger charge is 2.59. The van der Waals surface area contributed by atoms with E-state index in [1.165, 1.54) is 12.7 Å². The molecule has 1 unspecified atom stereocenters. The first kappa shape index (κ1) is 22.4. The maximum absolute atomic E-state index is 12.5. The van der Waals surface area contributed by atoms with Gasteiger partial charge in [0.1, 0.15) is 0 Å². The molecule has 3 aromatic rings. The number of hydrogen-bond donors (Lipinski definition) is 2. The number of nitrogens with one attached hydrogen (secondary N) is 2. The van der Waals surface area contributed by atoms with Gasteiger partial charge in [0.2, 0.25) is 0 Å². The van der Waals surface area contributed by atoms with Crippen molar-refractivity contribution < 1.29 is 18.7 Å². The summed E-state index contributed by atoms with van der Waals surface area (Å²) < 4.78 is 10.3. The minimum atomic E-state index is -0.485. The highest BCUT2D eigenvalue weighted by atomic mass is 35.5. The lowest BCUT2D eigenvalue weighted by Gasteiger charge is -2.29. The molecule has 9 heteroatoms. The Hall–Kier alpha value is -3.39. The average Bonchev–Trinajstić information content (AvgIpc) is 3.33. The predicted molar refractivity (Wildman–Crippen MR) is 127 cm³/mol. The van der Waals surface area contributed by atoms with Crippen molar-refractivity contribution in [3.8, 4) is 0 Å². The first-order valence-corrected chi connectivity index (χ1v) is 11.7. The molecule has 1 heterocycles. The van der Waals surface area contributed by atoms with Crippen molar-refractivity contribution >= 4 is 40.9 Å². The minimum absolute atomic E-state index is 0.0628. The highest BCUT2D eigenvalue weighted by molar-refractivity contribution is 6.30. The molecule has 8 nitrogen and oxygen atoms in total. The minimum Gasteiger partial charge on any atom is -0.469 e. The van der Waals surface area contributed by atoms with Crippen LogP contribution in [0.25, 0.3) is 0 Å². The maximum atomic E-state index is 12.5. The van der Waals surface area contributed by atoms with Gasteiger partial charge in [-0.15, -0.1) is 5.10 Å². The molecule has 176 valence electrons. The third kappa shape index (κ3) is 4.63. The lowest BCUT2D eigenvalue weighted by Crippen LogP contribution is -2.19. The zero-order valence-corrected chi connectivity index (χ0v) is 19.5. The van der Waals surface area contributed by atoms with Crippen LogP contribution in [0, 0.1) is 11.3 Å². The Bertz CT molecular complexity index is 1200. The van der Waals surface area contributed by atoms with Crippen LogP contribution < -0.4 is 10.6 Å². The number of carbonyl (C=O) groups is 2. The summed E-state index contributed by atoms with van der Waals surface area (Å²) in [5.74, 6) is -0.142. The number of rotatable bonds is 6. The van der Waals surface area contributed by atoms with Crippen molar-refractivity contribution in [1.82, 2.24) is 10.2 Å². The highest BCUT2D eigenvalue weighted by Crippen LogP contribution is 2.63. The molecule has 2 saturated carbocycles. The molecule has 2 aliphatic rings. The summed E-state index contributed by atoms with van der Waals surface area (Å²) >= 11 is 5.97. The molecule has 0 radical (unpaired) electrons. The lowest BCUT2D eigenvalue weighted by atomic mass is 9.76. The van der Waals surface area contributed by atoms with E-state index in [2.05, 4.69) is 20.8 Å². The normalized spacial score (nSPS) is 23.4. The van der Waals surface area contributed by atoms with Gasteiger partial charge in [0.05, 0.1) is 13.0 Å². The van der Waals surface area contributed by atoms with Gasteiger partial charge in [0.25, 0.3) is 0 Å². The zero-order chi connectivity index (χ0) is 23.7. The fraction of sp³-hybridized carbons (Fsp3) is 0.360. The van der Waals surface area contributed by atoms with Crippen molar-refractivity contribution in [2.75, 3.05) is 17.7 Å². The fourth-order valence-electron chi connectivity index (χ4n) is 4.98. The number of esters is 1. The second kappa shape index (κ2) is 9.10. The van der Waals surface area contributed by atoms with E-state index in [4.69, 9.17) is 20.8 Å². The molecule has 0 saturated heterocycles. The molecule has 2 fully saturated rings. The lowest BCUT2D eigenvalue weighted by molar-refractivity contribution is -0.143. The quantitative estimate of drug-likeness (QED) is 0.445. The van der Waals surface area contributed by atoms with Crippen LogP contribution in [0.5, 0.6) is 0 Å². The zero-order valence-electron chi connectivity index (χ0n) is 18.7. The number of halogens is 1. The summed E-state index contributed by atoms with van der Waals surface area (Å²) in [4.78, 5) is 24.4. The van der Waals surface area contributed by atoms with E-state index in [9.17, 15) is 9.59 Å². The van der Waals surface area contributed by atoms with Gasteiger partial charge in [-0.1, -0.05) is 34.9 Å². The number of methoxy groups -OCH3 is 1. The van der Waals surface area contributed by atoms with Gasteiger partial charge < -0.3 is 19.8 Å². The number of benzene rings is 2. The average molecular weight is 481 g/mol. The smallest absolute Gasteiger partial charge is 0.320 e. The number of nitrogens with zero attached hydrogens (tertiary/aromatic N) is 2. The van der Waals surface area contributed by atoms with Crippen LogP contribution in [0.2, 0.25) is 5.02 Å². The predicted octanol–water partition coefficient (Wildman–Crippen LogP) is 5.56. The Morgan fingerprint density at radius 2 is 1.85 bits per heavy atom. The Labute approximate surface area is 202 Å². The molecule has 2 N–H and O–H groups in total. The molecule has 0 aliphatic heterocycles. The molecule has 5 rings (SSSR count). The number of hydrogen-bond acceptors (Lipinski definition) is 7. The summed E-state index contributed by atoms with van der Waals surface area (Å²) in [5, 5.41) is 13.9. The van der Waals surface area contributed by atoms with Crippen molar-refractivity contribution in [3.63, 3.8) is 0 Å². The van der Waals surface area contributed by atoms with Gasteiger partial charge in [0.15, 0.2) is 0 Å². The van der Waals surface area contributed by atoms with Crippen molar-refractivity contribution in [1.29, 1.82) is 0 Å². The van der Waals surface area contributed by atoms with Gasteiger partial charge in [-0.3, -0.25) is 9.59 Å². The standard InChI is InChI=1S/C25H25ClN4O4/c1-33-23(32)20-14-25(20)11-9-16(10-12-25)15-5-7-18(8-6-15)27-21(31)22-29-30-24(34-22)28-19-4-2-3-17(26)13-19/h2-8,13,16,20H,9-12,14H2,1H3,(H,27,31)(H,28,30). The van der Waals surface area contributed by atoms with Crippen LogP contribution >= 0.6 is 11.6 Å². The third-order valence-electron chi connectivity index (χ3n) is 6.99. The maximum Gasteiger partial charge on any atom is 0.320 e. The Balaban J connectivity index is 1.15. The Morgan fingerprint density at radius 1 is 1.09 bits per heavy atom. The monoisotopic (exact) mass is 480 g/mol. The summed E-state index contributed by atoms with van der Waals surface area (Å²) in [6, 6.07) is 15.0. The van der Waals surface area contributed by atoms with Crippen LogP contribution in [-0.2, 0) is 9.53 Å². The summed E-state index contributed by atoms with van der Waals surface area (Å²) in [6.07, 6.45) is 5.19. The van der Waals surface area contributed by atoms with E-state index in [0.717, 1.165) is 32.1 Å². The van der Waals surface area contributed by atoms with Crippen LogP contribution in [0.4, 0.5) is 17.4 Å². The number of anilines is 3. The number of carbonyl (C=O) groups excluding carboxylic acids is 2. The number of ether oxygens (including phenoxy) is 1. The van der Waals surface area contributed by atoms with E-state index in [-0.39, 0.29) is 29.2 Å². The van der Waals surface area contributed by atoms with Crippen molar-refractivity contribution in [2.24, 2.45) is 11.3 Å². The van der Waals surface area contributed by atoms with Gasteiger partial charge in [-0.25, -0.2) is 0 Å². The molecule has 34 heavy (non-hydrogen) atoms. The molecule has 1 aromatic heterocycles. The molecule has 2 aromatic carbocycles. The van der Waals surface area contributed by atoms with Crippen molar-refractivity contribution in [2.45, 2.75) is 38.0 Å². The number of amides is 1. The largest absolute Gasteiger partial charge is 0.469 e. The first-order valence-electron chi connectivity index (χ1n) is 11.3.